The van der Waals surface area contributed by atoms with E-state index < -0.39 is 11.9 Å². The van der Waals surface area contributed by atoms with Gasteiger partial charge in [0.15, 0.2) is 0 Å². The van der Waals surface area contributed by atoms with Gasteiger partial charge in [-0.1, -0.05) is 35.9 Å². The predicted octanol–water partition coefficient (Wildman–Crippen LogP) is 1.84. The summed E-state index contributed by atoms with van der Waals surface area (Å²) < 4.78 is 1.83. The first kappa shape index (κ1) is 17.8. The Balaban J connectivity index is 2.14. The van der Waals surface area contributed by atoms with Crippen LogP contribution in [0, 0.1) is 0 Å². The van der Waals surface area contributed by atoms with Gasteiger partial charge in [-0.15, -0.1) is 0 Å². The second kappa shape index (κ2) is 7.45. The molecule has 3 aromatic rings. The highest BCUT2D eigenvalue weighted by molar-refractivity contribution is 6.30. The first-order valence-electron chi connectivity index (χ1n) is 7.94. The Kier molecular flexibility index (Phi) is 5.09. The lowest BCUT2D eigenvalue weighted by Gasteiger charge is -2.16. The van der Waals surface area contributed by atoms with Gasteiger partial charge >= 0.3 is 0 Å². The van der Waals surface area contributed by atoms with Gasteiger partial charge in [0.2, 0.25) is 0 Å². The van der Waals surface area contributed by atoms with Crippen LogP contribution in [0.3, 0.4) is 0 Å². The summed E-state index contributed by atoms with van der Waals surface area (Å²) in [7, 11) is 0. The van der Waals surface area contributed by atoms with Crippen molar-refractivity contribution in [2.24, 2.45) is 0 Å². The molecule has 132 valence electrons. The molecule has 6 heteroatoms. The molecule has 0 N–H and O–H groups in total. The van der Waals surface area contributed by atoms with Crippen LogP contribution in [-0.4, -0.2) is 16.5 Å². The molecule has 5 nitrogen and oxygen atoms in total. The minimum atomic E-state index is -1.27. The van der Waals surface area contributed by atoms with Crippen molar-refractivity contribution in [2.75, 3.05) is 0 Å². The molecule has 1 heterocycles. The average Bonchev–Trinajstić information content (AvgIpc) is 3.04. The molecule has 0 amide bonds. The van der Waals surface area contributed by atoms with Gasteiger partial charge in [0, 0.05) is 22.4 Å². The molecule has 0 aliphatic rings. The van der Waals surface area contributed by atoms with Crippen molar-refractivity contribution in [2.45, 2.75) is 12.8 Å². The van der Waals surface area contributed by atoms with Gasteiger partial charge in [0.05, 0.1) is 11.7 Å². The molecule has 0 saturated heterocycles. The molecule has 0 fully saturated rings. The number of aliphatic carboxylic acids is 1. The van der Waals surface area contributed by atoms with E-state index in [0.717, 1.165) is 17.0 Å². The molecule has 26 heavy (non-hydrogen) atoms. The molecule has 3 rings (SSSR count). The van der Waals surface area contributed by atoms with Crippen LogP contribution in [0.1, 0.15) is 22.5 Å². The monoisotopic (exact) mass is 367 g/mol. The third-order valence-corrected chi connectivity index (χ3v) is 4.28. The maximum atomic E-state index is 11.2. The highest BCUT2D eigenvalue weighted by Gasteiger charge is 2.13. The summed E-state index contributed by atoms with van der Waals surface area (Å²) >= 11 is 5.95. The number of halogens is 1. The Morgan fingerprint density at radius 1 is 0.962 bits per heavy atom. The van der Waals surface area contributed by atoms with Gasteiger partial charge in [-0.3, -0.25) is 0 Å². The molecule has 0 bridgehead atoms. The summed E-state index contributed by atoms with van der Waals surface area (Å²) in [5.41, 5.74) is 3.05. The smallest absolute Gasteiger partial charge is 0.0716 e. The van der Waals surface area contributed by atoms with E-state index in [1.54, 1.807) is 24.3 Å². The third kappa shape index (κ3) is 3.78. The fourth-order valence-corrected chi connectivity index (χ4v) is 2.95. The molecule has 0 spiro atoms. The van der Waals surface area contributed by atoms with Gasteiger partial charge < -0.3 is 24.4 Å². The molecule has 0 aliphatic heterocycles. The Morgan fingerprint density at radius 2 is 1.69 bits per heavy atom. The zero-order chi connectivity index (χ0) is 18.7. The summed E-state index contributed by atoms with van der Waals surface area (Å²) in [6.07, 6.45) is 0.121. The van der Waals surface area contributed by atoms with Crippen molar-refractivity contribution in [3.8, 4) is 16.9 Å². The van der Waals surface area contributed by atoms with Crippen molar-refractivity contribution in [1.82, 2.24) is 4.57 Å². The summed E-state index contributed by atoms with van der Waals surface area (Å²) in [4.78, 5) is 22.1. The summed E-state index contributed by atoms with van der Waals surface area (Å²) in [6.45, 7) is 0. The van der Waals surface area contributed by atoms with Gasteiger partial charge in [-0.05, 0) is 60.4 Å². The highest BCUT2D eigenvalue weighted by Crippen LogP contribution is 2.28. The van der Waals surface area contributed by atoms with Crippen molar-refractivity contribution in [1.29, 1.82) is 0 Å². The lowest BCUT2D eigenvalue weighted by molar-refractivity contribution is -0.305. The zero-order valence-electron chi connectivity index (χ0n) is 13.6. The Hall–Kier alpha value is -3.05. The van der Waals surface area contributed by atoms with Crippen LogP contribution in [0.15, 0.2) is 60.7 Å². The van der Waals surface area contributed by atoms with E-state index in [2.05, 4.69) is 0 Å². The quantitative estimate of drug-likeness (QED) is 0.665. The first-order valence-corrected chi connectivity index (χ1v) is 8.31. The number of hydrogen-bond donors (Lipinski definition) is 0. The van der Waals surface area contributed by atoms with E-state index >= 15 is 0 Å². The Labute approximate surface area is 155 Å². The molecule has 0 aliphatic carbocycles. The van der Waals surface area contributed by atoms with E-state index in [-0.39, 0.29) is 18.4 Å². The highest BCUT2D eigenvalue weighted by atomic mass is 35.5. The third-order valence-electron chi connectivity index (χ3n) is 4.03. The van der Waals surface area contributed by atoms with Crippen LogP contribution in [0.4, 0.5) is 0 Å². The van der Waals surface area contributed by atoms with Crippen LogP contribution in [0.2, 0.25) is 5.02 Å². The number of hydrogen-bond acceptors (Lipinski definition) is 4. The number of rotatable bonds is 6. The van der Waals surface area contributed by atoms with Gasteiger partial charge in [-0.25, -0.2) is 0 Å². The standard InChI is InChI=1S/C20H16ClNO4/c21-15-6-4-13(5-7-15)18-10-8-16(9-11-19(23)24)22(18)17-3-1-2-14(12-17)20(25)26/h1-8,10,12H,9,11H2,(H,23,24)(H,25,26)/p-2. The number of benzene rings is 2. The molecule has 0 saturated carbocycles. The average molecular weight is 368 g/mol. The minimum Gasteiger partial charge on any atom is -0.550 e. The number of nitrogens with zero attached hydrogens (tertiary/aromatic N) is 1. The van der Waals surface area contributed by atoms with Gasteiger partial charge in [0.1, 0.15) is 0 Å². The predicted molar refractivity (Wildman–Crippen MR) is 93.9 cm³/mol. The molecule has 1 aromatic heterocycles. The number of aromatic carboxylic acids is 1. The number of carbonyl (C=O) groups excluding carboxylic acids is 2. The van der Waals surface area contributed by atoms with E-state index in [4.69, 9.17) is 11.6 Å². The number of carboxylic acids is 2. The molecule has 2 aromatic carbocycles. The maximum absolute atomic E-state index is 11.2. The fourth-order valence-electron chi connectivity index (χ4n) is 2.83. The van der Waals surface area contributed by atoms with Crippen molar-refractivity contribution < 1.29 is 19.8 Å². The Bertz CT molecular complexity index is 960. The van der Waals surface area contributed by atoms with E-state index in [0.29, 0.717) is 10.7 Å². The van der Waals surface area contributed by atoms with Crippen LogP contribution in [0.5, 0.6) is 0 Å². The largest absolute Gasteiger partial charge is 0.550 e. The SMILES string of the molecule is O=C([O-])CCc1ccc(-c2ccc(Cl)cc2)n1-c1cccc(C(=O)[O-])c1. The molecule has 0 radical (unpaired) electrons. The number of carbonyl (C=O) groups is 2. The summed E-state index contributed by atoms with van der Waals surface area (Å²) in [5, 5.41) is 22.7. The summed E-state index contributed by atoms with van der Waals surface area (Å²) in [6, 6.07) is 17.2. The van der Waals surface area contributed by atoms with Crippen LogP contribution < -0.4 is 10.2 Å². The Morgan fingerprint density at radius 3 is 2.35 bits per heavy atom. The van der Waals surface area contributed by atoms with E-state index in [9.17, 15) is 19.8 Å². The molecular weight excluding hydrogens is 354 g/mol. The zero-order valence-corrected chi connectivity index (χ0v) is 14.4. The molecular formula is C20H14ClNO4-2. The van der Waals surface area contributed by atoms with Gasteiger partial charge in [-0.2, -0.15) is 0 Å². The topological polar surface area (TPSA) is 85.2 Å². The fraction of sp³-hybridized carbons (Fsp3) is 0.100. The lowest BCUT2D eigenvalue weighted by atomic mass is 10.1. The number of aromatic nitrogens is 1. The second-order valence-electron chi connectivity index (χ2n) is 5.76. The molecule has 0 atom stereocenters. The van der Waals surface area contributed by atoms with E-state index in [1.807, 2.05) is 28.8 Å². The van der Waals surface area contributed by atoms with Crippen LogP contribution in [-0.2, 0) is 11.2 Å². The van der Waals surface area contributed by atoms with Crippen LogP contribution >= 0.6 is 11.6 Å². The normalized spacial score (nSPS) is 10.7. The minimum absolute atomic E-state index is 0.0455. The maximum Gasteiger partial charge on any atom is 0.0716 e. The van der Waals surface area contributed by atoms with Crippen molar-refractivity contribution in [3.63, 3.8) is 0 Å². The van der Waals surface area contributed by atoms with Gasteiger partial charge in [0.25, 0.3) is 0 Å². The van der Waals surface area contributed by atoms with Crippen molar-refractivity contribution in [3.05, 3.63) is 76.9 Å². The number of carboxylic acid groups (broad SMARTS) is 2. The lowest BCUT2D eigenvalue weighted by Crippen LogP contribution is -2.23. The second-order valence-corrected chi connectivity index (χ2v) is 6.20. The summed E-state index contributed by atoms with van der Waals surface area (Å²) in [5.74, 6) is -2.42. The number of aryl methyl sites for hydroxylation is 1. The van der Waals surface area contributed by atoms with Crippen molar-refractivity contribution >= 4 is 23.5 Å². The first-order chi connectivity index (χ1) is 12.5. The van der Waals surface area contributed by atoms with Crippen LogP contribution in [0.25, 0.3) is 16.9 Å². The molecule has 0 unspecified atom stereocenters. The van der Waals surface area contributed by atoms with E-state index in [1.165, 1.54) is 12.1 Å².